The number of hydrogen-bond acceptors (Lipinski definition) is 12. The lowest BCUT2D eigenvalue weighted by Crippen LogP contribution is -2.59. The molecular formula is C25H24O13S. The molecule has 13 nitrogen and oxygen atoms in total. The third-order valence-corrected chi connectivity index (χ3v) is 6.36. The van der Waals surface area contributed by atoms with Gasteiger partial charge < -0.3 is 28.1 Å². The van der Waals surface area contributed by atoms with Crippen molar-refractivity contribution in [1.82, 2.24) is 0 Å². The maximum absolute atomic E-state index is 12.2. The zero-order valence-corrected chi connectivity index (χ0v) is 21.8. The summed E-state index contributed by atoms with van der Waals surface area (Å²) in [6.07, 6.45) is -5.14. The van der Waals surface area contributed by atoms with Crippen LogP contribution in [0.25, 0.3) is 21.7 Å². The number of ether oxygens (including phenoxy) is 5. The Morgan fingerprint density at radius 2 is 1.56 bits per heavy atom. The van der Waals surface area contributed by atoms with Crippen LogP contribution in [-0.4, -0.2) is 62.1 Å². The normalized spacial score (nSPS) is 21.3. The van der Waals surface area contributed by atoms with Crippen molar-refractivity contribution in [3.63, 3.8) is 0 Å². The summed E-state index contributed by atoms with van der Waals surface area (Å²) in [5, 5.41) is 1.09. The maximum atomic E-state index is 12.2. The Kier molecular flexibility index (Phi) is 7.90. The molecule has 0 amide bonds. The molecule has 1 aliphatic heterocycles. The van der Waals surface area contributed by atoms with Gasteiger partial charge in [-0.15, -0.1) is 0 Å². The lowest BCUT2D eigenvalue weighted by molar-refractivity contribution is -0.259. The van der Waals surface area contributed by atoms with Crippen LogP contribution in [0.1, 0.15) is 26.3 Å². The molecule has 0 radical (unpaired) electrons. The molecule has 4 atom stereocenters. The summed E-state index contributed by atoms with van der Waals surface area (Å²) in [5.41, 5.74) is -0.908. The van der Waals surface area contributed by atoms with Crippen molar-refractivity contribution >= 4 is 49.8 Å². The van der Waals surface area contributed by atoms with Crippen LogP contribution in [-0.2, 0) is 49.2 Å². The third-order valence-electron chi connectivity index (χ3n) is 5.68. The first-order valence-electron chi connectivity index (χ1n) is 11.6. The van der Waals surface area contributed by atoms with Gasteiger partial charge in [0.1, 0.15) is 17.1 Å². The van der Waals surface area contributed by atoms with Crippen molar-refractivity contribution in [2.24, 2.45) is 0 Å². The SMILES string of the molecule is CC(=O)OC1[C@H](OC(C)=O)CO[C@@H](Oc2cc3oc(=O)cc(CS(=O)(=O)O)c3c3ccccc23)[C@H]1OC(C)=O. The molecule has 0 bridgehead atoms. The monoisotopic (exact) mass is 564 g/mol. The van der Waals surface area contributed by atoms with Crippen LogP contribution in [0.15, 0.2) is 45.6 Å². The Hall–Kier alpha value is -4.01. The standard InChI is InChI=1S/C25H24O13S/c1-12(26)34-20-10-33-25(24(36-14(3)28)23(20)35-13(2)27)38-18-9-19-22(17-7-5-4-6-16(17)18)15(8-21(29)37-19)11-39(30,31)32/h4-9,20,23-25H,10-11H2,1-3H3,(H,30,31,32)/t20-,23?,24+,25+/m1/s1. The Labute approximate surface area is 221 Å². The predicted molar refractivity (Wildman–Crippen MR) is 132 cm³/mol. The van der Waals surface area contributed by atoms with Gasteiger partial charge in [-0.3, -0.25) is 18.9 Å². The van der Waals surface area contributed by atoms with Gasteiger partial charge in [0.25, 0.3) is 10.1 Å². The Morgan fingerprint density at radius 1 is 0.949 bits per heavy atom. The highest BCUT2D eigenvalue weighted by molar-refractivity contribution is 7.85. The molecule has 1 aromatic heterocycles. The van der Waals surface area contributed by atoms with Crippen LogP contribution in [0.3, 0.4) is 0 Å². The number of hydrogen-bond donors (Lipinski definition) is 1. The van der Waals surface area contributed by atoms with E-state index in [1.807, 2.05) is 0 Å². The van der Waals surface area contributed by atoms with Crippen LogP contribution in [0.5, 0.6) is 5.75 Å². The van der Waals surface area contributed by atoms with E-state index in [1.165, 1.54) is 6.07 Å². The van der Waals surface area contributed by atoms with E-state index in [4.69, 9.17) is 28.1 Å². The second-order valence-corrected chi connectivity index (χ2v) is 10.2. The highest BCUT2D eigenvalue weighted by Gasteiger charge is 2.48. The first-order chi connectivity index (χ1) is 18.3. The Balaban J connectivity index is 1.83. The lowest BCUT2D eigenvalue weighted by Gasteiger charge is -2.40. The van der Waals surface area contributed by atoms with Gasteiger partial charge in [-0.05, 0) is 10.9 Å². The summed E-state index contributed by atoms with van der Waals surface area (Å²) >= 11 is 0. The summed E-state index contributed by atoms with van der Waals surface area (Å²) in [5.74, 6) is -2.93. The molecule has 208 valence electrons. The number of fused-ring (bicyclic) bond motifs is 3. The van der Waals surface area contributed by atoms with Crippen molar-refractivity contribution in [2.75, 3.05) is 6.61 Å². The Morgan fingerprint density at radius 3 is 2.18 bits per heavy atom. The summed E-state index contributed by atoms with van der Waals surface area (Å²) in [4.78, 5) is 47.6. The Bertz CT molecular complexity index is 1610. The number of rotatable bonds is 7. The average Bonchev–Trinajstić information content (AvgIpc) is 2.80. The molecular weight excluding hydrogens is 540 g/mol. The molecule has 4 rings (SSSR count). The van der Waals surface area contributed by atoms with Gasteiger partial charge in [0.15, 0.2) is 12.2 Å². The van der Waals surface area contributed by atoms with Gasteiger partial charge in [0, 0.05) is 43.7 Å². The zero-order valence-electron chi connectivity index (χ0n) is 20.9. The quantitative estimate of drug-likeness (QED) is 0.144. The molecule has 2 aromatic carbocycles. The number of esters is 3. The first kappa shape index (κ1) is 28.0. The lowest BCUT2D eigenvalue weighted by atomic mass is 10.0. The fourth-order valence-electron chi connectivity index (χ4n) is 4.42. The van der Waals surface area contributed by atoms with E-state index >= 15 is 0 Å². The molecule has 39 heavy (non-hydrogen) atoms. The van der Waals surface area contributed by atoms with Crippen LogP contribution >= 0.6 is 0 Å². The minimum Gasteiger partial charge on any atom is -0.460 e. The maximum Gasteiger partial charge on any atom is 0.336 e. The van der Waals surface area contributed by atoms with E-state index < -0.39 is 64.0 Å². The molecule has 0 aliphatic carbocycles. The smallest absolute Gasteiger partial charge is 0.336 e. The molecule has 14 heteroatoms. The predicted octanol–water partition coefficient (Wildman–Crippen LogP) is 1.86. The summed E-state index contributed by atoms with van der Waals surface area (Å²) in [6, 6.07) is 8.89. The second kappa shape index (κ2) is 11.0. The highest BCUT2D eigenvalue weighted by atomic mass is 32.2. The van der Waals surface area contributed by atoms with Crippen LogP contribution < -0.4 is 10.4 Å². The van der Waals surface area contributed by atoms with Gasteiger partial charge in [-0.2, -0.15) is 8.42 Å². The van der Waals surface area contributed by atoms with Crippen LogP contribution in [0, 0.1) is 0 Å². The summed E-state index contributed by atoms with van der Waals surface area (Å²) < 4.78 is 65.7. The van der Waals surface area contributed by atoms with Gasteiger partial charge in [-0.25, -0.2) is 4.79 Å². The van der Waals surface area contributed by atoms with E-state index in [-0.39, 0.29) is 28.9 Å². The van der Waals surface area contributed by atoms with Gasteiger partial charge in [0.05, 0.1) is 6.61 Å². The van der Waals surface area contributed by atoms with Gasteiger partial charge >= 0.3 is 23.5 Å². The largest absolute Gasteiger partial charge is 0.460 e. The molecule has 0 saturated carbocycles. The molecule has 2 heterocycles. The number of carbonyl (C=O) groups is 3. The van der Waals surface area contributed by atoms with E-state index in [9.17, 15) is 32.1 Å². The molecule has 1 fully saturated rings. The molecule has 1 saturated heterocycles. The highest BCUT2D eigenvalue weighted by Crippen LogP contribution is 2.37. The van der Waals surface area contributed by atoms with Crippen molar-refractivity contribution in [2.45, 2.75) is 51.1 Å². The summed E-state index contributed by atoms with van der Waals surface area (Å²) in [6.45, 7) is 3.12. The fraction of sp³-hybridized carbons (Fsp3) is 0.360. The van der Waals surface area contributed by atoms with E-state index in [0.717, 1.165) is 26.8 Å². The van der Waals surface area contributed by atoms with E-state index in [0.29, 0.717) is 10.8 Å². The third kappa shape index (κ3) is 6.53. The first-order valence-corrected chi connectivity index (χ1v) is 13.2. The van der Waals surface area contributed by atoms with Crippen molar-refractivity contribution in [3.05, 3.63) is 52.4 Å². The summed E-state index contributed by atoms with van der Waals surface area (Å²) in [7, 11) is -4.49. The molecule has 1 N–H and O–H groups in total. The fourth-order valence-corrected chi connectivity index (χ4v) is 5.05. The van der Waals surface area contributed by atoms with Crippen LogP contribution in [0.4, 0.5) is 0 Å². The second-order valence-electron chi connectivity index (χ2n) is 8.73. The minimum atomic E-state index is -4.49. The van der Waals surface area contributed by atoms with E-state index in [2.05, 4.69) is 0 Å². The van der Waals surface area contributed by atoms with Crippen molar-refractivity contribution < 1.29 is 55.5 Å². The van der Waals surface area contributed by atoms with E-state index in [1.54, 1.807) is 24.3 Å². The molecule has 0 spiro atoms. The van der Waals surface area contributed by atoms with Gasteiger partial charge in [0.2, 0.25) is 12.4 Å². The minimum absolute atomic E-state index is 0.0114. The molecule has 3 aromatic rings. The molecule has 1 aliphatic rings. The zero-order chi connectivity index (χ0) is 28.5. The van der Waals surface area contributed by atoms with Gasteiger partial charge in [-0.1, -0.05) is 24.3 Å². The van der Waals surface area contributed by atoms with Crippen molar-refractivity contribution in [1.29, 1.82) is 0 Å². The van der Waals surface area contributed by atoms with Crippen molar-refractivity contribution in [3.8, 4) is 5.75 Å². The number of carbonyl (C=O) groups excluding carboxylic acids is 3. The topological polar surface area (TPSA) is 182 Å². The number of benzene rings is 2. The average molecular weight is 565 g/mol. The van der Waals surface area contributed by atoms with Crippen LogP contribution in [0.2, 0.25) is 0 Å². The molecule has 1 unspecified atom stereocenters.